The zero-order valence-electron chi connectivity index (χ0n) is 21.3. The van der Waals surface area contributed by atoms with Crippen LogP contribution in [0.4, 0.5) is 11.6 Å². The van der Waals surface area contributed by atoms with Crippen LogP contribution in [0.25, 0.3) is 11.0 Å². The first kappa shape index (κ1) is 23.2. The maximum absolute atomic E-state index is 5.03. The number of hydrazine groups is 2. The fourth-order valence-corrected chi connectivity index (χ4v) is 5.06. The summed E-state index contributed by atoms with van der Waals surface area (Å²) < 4.78 is 0. The van der Waals surface area contributed by atoms with Gasteiger partial charge < -0.3 is 0 Å². The lowest BCUT2D eigenvalue weighted by Crippen LogP contribution is -2.60. The number of hydrogen-bond donors (Lipinski definition) is 2. The Morgan fingerprint density at radius 2 is 1.03 bits per heavy atom. The van der Waals surface area contributed by atoms with Gasteiger partial charge in [-0.1, -0.05) is 39.8 Å². The van der Waals surface area contributed by atoms with Crippen LogP contribution in [0, 0.1) is 10.8 Å². The van der Waals surface area contributed by atoms with E-state index in [2.05, 4.69) is 76.3 Å². The predicted octanol–water partition coefficient (Wildman–Crippen LogP) is 6.08. The van der Waals surface area contributed by atoms with Crippen molar-refractivity contribution in [3.8, 4) is 0 Å². The molecule has 0 bridgehead atoms. The number of piperidine rings is 2. The van der Waals surface area contributed by atoms with Gasteiger partial charge >= 0.3 is 0 Å². The van der Waals surface area contributed by atoms with Gasteiger partial charge in [-0.2, -0.15) is 0 Å². The van der Waals surface area contributed by atoms with Crippen LogP contribution in [-0.2, 0) is 0 Å². The van der Waals surface area contributed by atoms with E-state index in [0.717, 1.165) is 35.8 Å². The van der Waals surface area contributed by atoms with Crippen LogP contribution < -0.4 is 10.9 Å². The Morgan fingerprint density at radius 1 is 0.656 bits per heavy atom. The molecular formula is C26H42N6. The Balaban J connectivity index is 1.72. The molecular weight excluding hydrogens is 396 g/mol. The molecule has 0 atom stereocenters. The molecule has 1 aromatic heterocycles. The topological polar surface area (TPSA) is 56.3 Å². The van der Waals surface area contributed by atoms with Crippen LogP contribution in [-0.4, -0.2) is 44.2 Å². The van der Waals surface area contributed by atoms with E-state index in [1.54, 1.807) is 0 Å². The average molecular weight is 439 g/mol. The van der Waals surface area contributed by atoms with Crippen LogP contribution in [0.15, 0.2) is 24.3 Å². The molecule has 2 N–H and O–H groups in total. The van der Waals surface area contributed by atoms with Crippen LogP contribution in [0.3, 0.4) is 0 Å². The minimum Gasteiger partial charge on any atom is -0.299 e. The molecule has 1 aromatic carbocycles. The van der Waals surface area contributed by atoms with Crippen LogP contribution in [0.1, 0.15) is 81.1 Å². The number of fused-ring (bicyclic) bond motifs is 1. The lowest BCUT2D eigenvalue weighted by Gasteiger charge is -2.54. The summed E-state index contributed by atoms with van der Waals surface area (Å²) in [5.41, 5.74) is 9.59. The van der Waals surface area contributed by atoms with Crippen molar-refractivity contribution in [2.45, 2.75) is 92.2 Å². The second-order valence-electron chi connectivity index (χ2n) is 12.0. The molecule has 6 heteroatoms. The lowest BCUT2D eigenvalue weighted by molar-refractivity contribution is -0.0151. The maximum atomic E-state index is 5.03. The van der Waals surface area contributed by atoms with Gasteiger partial charge in [0.1, 0.15) is 0 Å². The second-order valence-corrected chi connectivity index (χ2v) is 12.0. The van der Waals surface area contributed by atoms with E-state index >= 15 is 0 Å². The van der Waals surface area contributed by atoms with Gasteiger partial charge in [0.05, 0.1) is 11.0 Å². The zero-order valence-corrected chi connectivity index (χ0v) is 21.3. The third-order valence-electron chi connectivity index (χ3n) is 9.08. The minimum atomic E-state index is -0.0117. The lowest BCUT2D eigenvalue weighted by atomic mass is 9.68. The van der Waals surface area contributed by atoms with E-state index in [0.29, 0.717) is 0 Å². The second kappa shape index (κ2) is 7.84. The summed E-state index contributed by atoms with van der Waals surface area (Å²) >= 11 is 0. The van der Waals surface area contributed by atoms with Gasteiger partial charge in [0.15, 0.2) is 11.6 Å². The van der Waals surface area contributed by atoms with Gasteiger partial charge in [-0.05, 0) is 76.3 Å². The molecule has 0 aliphatic carbocycles. The van der Waals surface area contributed by atoms with Crippen molar-refractivity contribution in [3.05, 3.63) is 24.3 Å². The highest BCUT2D eigenvalue weighted by molar-refractivity contribution is 5.80. The van der Waals surface area contributed by atoms with Crippen molar-refractivity contribution in [1.82, 2.24) is 20.0 Å². The van der Waals surface area contributed by atoms with E-state index < -0.39 is 0 Å². The highest BCUT2D eigenvalue weighted by atomic mass is 15.6. The maximum Gasteiger partial charge on any atom is 0.185 e. The molecule has 0 saturated carbocycles. The number of para-hydroxylation sites is 2. The standard InChI is InChI=1S/C26H42N6/c1-23(2)15-11-17-31(25(23,5)6)29-21-22(28-20-14-10-9-13-19(20)27-21)30-32-18-12-16-24(3,4)26(32,7)8/h9-10,13-14H,11-12,15-18H2,1-8H3,(H,27,29)(H,28,30). The predicted molar refractivity (Wildman–Crippen MR) is 134 cm³/mol. The molecule has 176 valence electrons. The average Bonchev–Trinajstić information content (AvgIpc) is 2.70. The van der Waals surface area contributed by atoms with Gasteiger partial charge in [-0.3, -0.25) is 10.9 Å². The summed E-state index contributed by atoms with van der Waals surface area (Å²) in [6, 6.07) is 8.13. The molecule has 2 aliphatic heterocycles. The van der Waals surface area contributed by atoms with Gasteiger partial charge in [0, 0.05) is 24.2 Å². The first-order valence-corrected chi connectivity index (χ1v) is 12.2. The van der Waals surface area contributed by atoms with Crippen molar-refractivity contribution in [1.29, 1.82) is 0 Å². The number of hydrogen-bond acceptors (Lipinski definition) is 6. The third-order valence-corrected chi connectivity index (χ3v) is 9.08. The van der Waals surface area contributed by atoms with E-state index in [-0.39, 0.29) is 21.9 Å². The Bertz CT molecular complexity index is 899. The summed E-state index contributed by atoms with van der Waals surface area (Å²) in [5, 5.41) is 4.73. The van der Waals surface area contributed by atoms with E-state index in [4.69, 9.17) is 9.97 Å². The first-order chi connectivity index (χ1) is 14.9. The molecule has 0 unspecified atom stereocenters. The molecule has 2 aliphatic rings. The number of benzene rings is 1. The third kappa shape index (κ3) is 3.86. The van der Waals surface area contributed by atoms with Crippen LogP contribution >= 0.6 is 0 Å². The van der Waals surface area contributed by atoms with Gasteiger partial charge in [0.25, 0.3) is 0 Å². The highest BCUT2D eigenvalue weighted by Gasteiger charge is 2.46. The fraction of sp³-hybridized carbons (Fsp3) is 0.692. The van der Waals surface area contributed by atoms with Gasteiger partial charge in [-0.15, -0.1) is 0 Å². The molecule has 6 nitrogen and oxygen atoms in total. The van der Waals surface area contributed by atoms with Gasteiger partial charge in [0.2, 0.25) is 0 Å². The molecule has 2 saturated heterocycles. The number of anilines is 2. The number of nitrogens with zero attached hydrogens (tertiary/aromatic N) is 4. The zero-order chi connectivity index (χ0) is 23.4. The molecule has 0 amide bonds. The van der Waals surface area contributed by atoms with E-state index in [1.807, 2.05) is 24.3 Å². The minimum absolute atomic E-state index is 0.0117. The van der Waals surface area contributed by atoms with Crippen LogP contribution in [0.2, 0.25) is 0 Å². The Labute approximate surface area is 194 Å². The Morgan fingerprint density at radius 3 is 1.41 bits per heavy atom. The van der Waals surface area contributed by atoms with E-state index in [1.165, 1.54) is 25.7 Å². The molecule has 2 fully saturated rings. The van der Waals surface area contributed by atoms with E-state index in [9.17, 15) is 0 Å². The molecule has 0 spiro atoms. The monoisotopic (exact) mass is 438 g/mol. The molecule has 2 aromatic rings. The quantitative estimate of drug-likeness (QED) is 0.603. The number of nitrogens with one attached hydrogen (secondary N) is 2. The normalized spacial score (nSPS) is 24.9. The summed E-state index contributed by atoms with van der Waals surface area (Å²) in [6.07, 6.45) is 4.79. The molecule has 0 radical (unpaired) electrons. The number of aromatic nitrogens is 2. The summed E-state index contributed by atoms with van der Waals surface area (Å²) in [6.45, 7) is 20.8. The molecule has 3 heterocycles. The van der Waals surface area contributed by atoms with Gasteiger partial charge in [-0.25, -0.2) is 20.0 Å². The first-order valence-electron chi connectivity index (χ1n) is 12.2. The summed E-state index contributed by atoms with van der Waals surface area (Å²) in [7, 11) is 0. The largest absolute Gasteiger partial charge is 0.299 e. The van der Waals surface area contributed by atoms with Crippen LogP contribution in [0.5, 0.6) is 0 Å². The highest BCUT2D eigenvalue weighted by Crippen LogP contribution is 2.45. The van der Waals surface area contributed by atoms with Crippen molar-refractivity contribution < 1.29 is 0 Å². The summed E-state index contributed by atoms with van der Waals surface area (Å²) in [5.74, 6) is 1.60. The molecule has 32 heavy (non-hydrogen) atoms. The van der Waals surface area contributed by atoms with Crippen molar-refractivity contribution in [2.75, 3.05) is 23.9 Å². The van der Waals surface area contributed by atoms with Crippen molar-refractivity contribution >= 4 is 22.7 Å². The smallest absolute Gasteiger partial charge is 0.185 e. The molecule has 4 rings (SSSR count). The number of rotatable bonds is 4. The SMILES string of the molecule is CC1(C)CCCN(Nc2nc3ccccc3nc2NN2CCCC(C)(C)C2(C)C)C1(C)C. The van der Waals surface area contributed by atoms with Crippen molar-refractivity contribution in [3.63, 3.8) is 0 Å². The fourth-order valence-electron chi connectivity index (χ4n) is 5.06. The Kier molecular flexibility index (Phi) is 5.70. The Hall–Kier alpha value is -1.92. The van der Waals surface area contributed by atoms with Crippen molar-refractivity contribution in [2.24, 2.45) is 10.8 Å². The summed E-state index contributed by atoms with van der Waals surface area (Å²) in [4.78, 5) is 10.1.